The lowest BCUT2D eigenvalue weighted by Gasteiger charge is -2.41. The van der Waals surface area contributed by atoms with Gasteiger partial charge in [-0.25, -0.2) is 4.90 Å². The highest BCUT2D eigenvalue weighted by atomic mass is 19.4. The standard InChI is InChI=1S/C11H17F6NO/c1-3-19-11(16,17)9(12,13)10(14,15)18-6-4-8(2)5-7-18/h8H,3-7H2,1-2H3. The molecule has 1 saturated heterocycles. The molecule has 0 aromatic rings. The summed E-state index contributed by atoms with van der Waals surface area (Å²) in [5.41, 5.74) is 0. The van der Waals surface area contributed by atoms with Crippen LogP contribution in [0, 0.1) is 5.92 Å². The summed E-state index contributed by atoms with van der Waals surface area (Å²) in [5, 5.41) is 0. The van der Waals surface area contributed by atoms with Crippen molar-refractivity contribution in [1.82, 2.24) is 4.90 Å². The van der Waals surface area contributed by atoms with Gasteiger partial charge in [-0.15, -0.1) is 0 Å². The van der Waals surface area contributed by atoms with E-state index >= 15 is 0 Å². The second-order valence-electron chi connectivity index (χ2n) is 4.73. The van der Waals surface area contributed by atoms with Crippen molar-refractivity contribution in [2.24, 2.45) is 5.92 Å². The minimum absolute atomic E-state index is 0.111. The van der Waals surface area contributed by atoms with Gasteiger partial charge in [-0.1, -0.05) is 6.92 Å². The van der Waals surface area contributed by atoms with E-state index in [1.165, 1.54) is 0 Å². The molecule has 0 unspecified atom stereocenters. The molecule has 114 valence electrons. The largest absolute Gasteiger partial charge is 0.427 e. The molecule has 8 heteroatoms. The fraction of sp³-hybridized carbons (Fsp3) is 1.00. The molecule has 2 nitrogen and oxygen atoms in total. The molecule has 0 atom stereocenters. The van der Waals surface area contributed by atoms with E-state index in [9.17, 15) is 26.3 Å². The van der Waals surface area contributed by atoms with Crippen LogP contribution in [-0.2, 0) is 4.74 Å². The SMILES string of the molecule is CCOC(F)(F)C(F)(F)C(F)(F)N1CCC(C)CC1. The van der Waals surface area contributed by atoms with Crippen molar-refractivity contribution in [3.8, 4) is 0 Å². The maximum absolute atomic E-state index is 13.6. The van der Waals surface area contributed by atoms with Gasteiger partial charge in [0, 0.05) is 13.1 Å². The molecular formula is C11H17F6NO. The predicted octanol–water partition coefficient (Wildman–Crippen LogP) is 3.58. The lowest BCUT2D eigenvalue weighted by Crippen LogP contribution is -2.64. The number of alkyl halides is 6. The van der Waals surface area contributed by atoms with Crippen LogP contribution in [0.4, 0.5) is 26.3 Å². The molecule has 19 heavy (non-hydrogen) atoms. The number of rotatable bonds is 5. The van der Waals surface area contributed by atoms with E-state index in [-0.39, 0.29) is 36.7 Å². The first-order chi connectivity index (χ1) is 8.56. The van der Waals surface area contributed by atoms with Crippen LogP contribution in [0.15, 0.2) is 0 Å². The van der Waals surface area contributed by atoms with Crippen LogP contribution in [0.25, 0.3) is 0 Å². The van der Waals surface area contributed by atoms with Gasteiger partial charge in [0.2, 0.25) is 0 Å². The second kappa shape index (κ2) is 5.47. The summed E-state index contributed by atoms with van der Waals surface area (Å²) in [4.78, 5) is 0.111. The molecule has 1 fully saturated rings. The molecule has 0 aromatic carbocycles. The van der Waals surface area contributed by atoms with E-state index in [1.54, 1.807) is 6.92 Å². The number of nitrogens with zero attached hydrogens (tertiary/aromatic N) is 1. The summed E-state index contributed by atoms with van der Waals surface area (Å²) in [6, 6.07) is -4.94. The Bertz CT molecular complexity index is 302. The van der Waals surface area contributed by atoms with Crippen molar-refractivity contribution < 1.29 is 31.1 Å². The highest BCUT2D eigenvalue weighted by Gasteiger charge is 2.75. The molecule has 0 radical (unpaired) electrons. The first kappa shape index (κ1) is 16.6. The van der Waals surface area contributed by atoms with Crippen molar-refractivity contribution in [3.05, 3.63) is 0 Å². The highest BCUT2D eigenvalue weighted by molar-refractivity contribution is 4.93. The maximum Gasteiger partial charge on any atom is 0.427 e. The predicted molar refractivity (Wildman–Crippen MR) is 56.4 cm³/mol. The number of halogens is 6. The summed E-state index contributed by atoms with van der Waals surface area (Å²) in [6.07, 6.45) is -4.66. The van der Waals surface area contributed by atoms with Gasteiger partial charge in [0.15, 0.2) is 0 Å². The van der Waals surface area contributed by atoms with Gasteiger partial charge in [0.25, 0.3) is 0 Å². The monoisotopic (exact) mass is 293 g/mol. The average molecular weight is 293 g/mol. The zero-order chi connectivity index (χ0) is 14.9. The van der Waals surface area contributed by atoms with Gasteiger partial charge in [-0.05, 0) is 25.7 Å². The van der Waals surface area contributed by atoms with Crippen molar-refractivity contribution in [3.63, 3.8) is 0 Å². The third kappa shape index (κ3) is 2.99. The van der Waals surface area contributed by atoms with E-state index in [2.05, 4.69) is 4.74 Å². The Morgan fingerprint density at radius 3 is 1.95 bits per heavy atom. The second-order valence-corrected chi connectivity index (χ2v) is 4.73. The zero-order valence-electron chi connectivity index (χ0n) is 10.7. The van der Waals surface area contributed by atoms with Gasteiger partial charge in [0.05, 0.1) is 6.61 Å². The minimum atomic E-state index is -5.57. The fourth-order valence-corrected chi connectivity index (χ4v) is 1.94. The minimum Gasteiger partial charge on any atom is -0.316 e. The van der Waals surface area contributed by atoms with E-state index in [1.807, 2.05) is 0 Å². The van der Waals surface area contributed by atoms with Crippen LogP contribution in [0.1, 0.15) is 26.7 Å². The molecule has 0 N–H and O–H groups in total. The molecule has 0 saturated carbocycles. The quantitative estimate of drug-likeness (QED) is 0.567. The Morgan fingerprint density at radius 2 is 1.53 bits per heavy atom. The Hall–Kier alpha value is -0.500. The van der Waals surface area contributed by atoms with E-state index in [4.69, 9.17) is 0 Å². The highest BCUT2D eigenvalue weighted by Crippen LogP contribution is 2.48. The summed E-state index contributed by atoms with van der Waals surface area (Å²) in [6.45, 7) is 1.36. The van der Waals surface area contributed by atoms with Crippen molar-refractivity contribution in [1.29, 1.82) is 0 Å². The summed E-state index contributed by atoms with van der Waals surface area (Å²) in [5.74, 6) is -5.45. The topological polar surface area (TPSA) is 12.5 Å². The molecule has 1 heterocycles. The Labute approximate surface area is 107 Å². The maximum atomic E-state index is 13.6. The van der Waals surface area contributed by atoms with E-state index < -0.39 is 24.7 Å². The third-order valence-corrected chi connectivity index (χ3v) is 3.25. The Balaban J connectivity index is 2.90. The number of piperidine rings is 1. The van der Waals surface area contributed by atoms with Crippen LogP contribution in [0.5, 0.6) is 0 Å². The number of hydrogen-bond donors (Lipinski definition) is 0. The first-order valence-corrected chi connectivity index (χ1v) is 6.08. The third-order valence-electron chi connectivity index (χ3n) is 3.25. The van der Waals surface area contributed by atoms with Gasteiger partial charge in [-0.2, -0.15) is 26.3 Å². The molecular weight excluding hydrogens is 276 g/mol. The van der Waals surface area contributed by atoms with Crippen LogP contribution < -0.4 is 0 Å². The Morgan fingerprint density at radius 1 is 1.05 bits per heavy atom. The van der Waals surface area contributed by atoms with Gasteiger partial charge in [0.1, 0.15) is 0 Å². The molecule has 0 aromatic heterocycles. The molecule has 0 amide bonds. The van der Waals surface area contributed by atoms with Crippen molar-refractivity contribution in [2.75, 3.05) is 19.7 Å². The summed E-state index contributed by atoms with van der Waals surface area (Å²) >= 11 is 0. The smallest absolute Gasteiger partial charge is 0.316 e. The fourth-order valence-electron chi connectivity index (χ4n) is 1.94. The van der Waals surface area contributed by atoms with E-state index in [0.29, 0.717) is 0 Å². The Kier molecular flexibility index (Phi) is 4.77. The molecule has 1 rings (SSSR count). The number of likely N-dealkylation sites (tertiary alicyclic amines) is 1. The molecule has 0 bridgehead atoms. The molecule has 1 aliphatic rings. The van der Waals surface area contributed by atoms with Crippen LogP contribution in [-0.4, -0.2) is 42.7 Å². The first-order valence-electron chi connectivity index (χ1n) is 6.08. The normalized spacial score (nSPS) is 20.8. The lowest BCUT2D eigenvalue weighted by molar-refractivity contribution is -0.423. The van der Waals surface area contributed by atoms with Gasteiger partial charge in [-0.3, -0.25) is 0 Å². The molecule has 0 aliphatic carbocycles. The van der Waals surface area contributed by atoms with Crippen molar-refractivity contribution in [2.45, 2.75) is 44.8 Å². The number of ether oxygens (including phenoxy) is 1. The zero-order valence-corrected chi connectivity index (χ0v) is 10.7. The van der Waals surface area contributed by atoms with E-state index in [0.717, 1.165) is 6.92 Å². The van der Waals surface area contributed by atoms with Crippen LogP contribution in [0.2, 0.25) is 0 Å². The van der Waals surface area contributed by atoms with Crippen LogP contribution >= 0.6 is 0 Å². The molecule has 0 spiro atoms. The van der Waals surface area contributed by atoms with Crippen molar-refractivity contribution >= 4 is 0 Å². The van der Waals surface area contributed by atoms with Crippen LogP contribution in [0.3, 0.4) is 0 Å². The lowest BCUT2D eigenvalue weighted by atomic mass is 9.98. The molecule has 1 aliphatic heterocycles. The average Bonchev–Trinajstić information content (AvgIpc) is 2.29. The summed E-state index contributed by atoms with van der Waals surface area (Å²) < 4.78 is 83.7. The number of hydrogen-bond acceptors (Lipinski definition) is 2. The van der Waals surface area contributed by atoms with Gasteiger partial charge < -0.3 is 4.74 Å². The summed E-state index contributed by atoms with van der Waals surface area (Å²) in [7, 11) is 0. The van der Waals surface area contributed by atoms with Gasteiger partial charge >= 0.3 is 18.1 Å².